The highest BCUT2D eigenvalue weighted by Crippen LogP contribution is 2.56. The van der Waals surface area contributed by atoms with E-state index in [1.807, 2.05) is 0 Å². The highest BCUT2D eigenvalue weighted by molar-refractivity contribution is 5.97. The van der Waals surface area contributed by atoms with Gasteiger partial charge in [-0.1, -0.05) is 13.5 Å². The monoisotopic (exact) mass is 320 g/mol. The van der Waals surface area contributed by atoms with Crippen molar-refractivity contribution < 1.29 is 29.0 Å². The molecule has 1 aliphatic heterocycles. The number of esters is 2. The van der Waals surface area contributed by atoms with E-state index in [2.05, 4.69) is 6.58 Å². The van der Waals surface area contributed by atoms with E-state index in [1.54, 1.807) is 13.8 Å². The molecule has 1 saturated carbocycles. The van der Waals surface area contributed by atoms with Crippen molar-refractivity contribution in [3.8, 4) is 0 Å². The Kier molecular flexibility index (Phi) is 3.30. The minimum absolute atomic E-state index is 0.168. The second-order valence-electron chi connectivity index (χ2n) is 7.09. The molecule has 3 aliphatic rings. The molecule has 124 valence electrons. The van der Waals surface area contributed by atoms with Crippen LogP contribution in [0.5, 0.6) is 0 Å². The molecule has 1 saturated heterocycles. The normalized spacial score (nSPS) is 45.3. The van der Waals surface area contributed by atoms with Crippen molar-refractivity contribution in [1.82, 2.24) is 0 Å². The maximum Gasteiger partial charge on any atom is 0.334 e. The predicted octanol–water partition coefficient (Wildman–Crippen LogP) is 0.932. The Morgan fingerprint density at radius 1 is 1.43 bits per heavy atom. The summed E-state index contributed by atoms with van der Waals surface area (Å²) in [5, 5.41) is 10.8. The molecule has 2 aliphatic carbocycles. The lowest BCUT2D eigenvalue weighted by atomic mass is 9.53. The minimum Gasteiger partial charge on any atom is -0.462 e. The van der Waals surface area contributed by atoms with Crippen LogP contribution in [-0.2, 0) is 23.9 Å². The fourth-order valence-corrected chi connectivity index (χ4v) is 4.45. The first-order valence-electron chi connectivity index (χ1n) is 7.61. The number of carbonyl (C=O) groups is 3. The first-order valence-corrected chi connectivity index (χ1v) is 7.61. The van der Waals surface area contributed by atoms with Gasteiger partial charge in [-0.3, -0.25) is 9.59 Å². The van der Waals surface area contributed by atoms with E-state index in [1.165, 1.54) is 19.1 Å². The van der Waals surface area contributed by atoms with Crippen LogP contribution in [0.2, 0.25) is 0 Å². The SMILES string of the molecule is C=C1C(=O)OC2C1C(OC(C)=O)CC1(C)C(=O)C=CC(C)(O)C21. The topological polar surface area (TPSA) is 89.9 Å². The minimum atomic E-state index is -1.31. The van der Waals surface area contributed by atoms with E-state index in [-0.39, 0.29) is 17.8 Å². The maximum atomic E-state index is 12.5. The van der Waals surface area contributed by atoms with Crippen molar-refractivity contribution in [2.45, 2.75) is 45.0 Å². The first kappa shape index (κ1) is 15.9. The van der Waals surface area contributed by atoms with Gasteiger partial charge in [0.1, 0.15) is 12.2 Å². The van der Waals surface area contributed by atoms with Gasteiger partial charge in [-0.05, 0) is 25.5 Å². The smallest absolute Gasteiger partial charge is 0.334 e. The second kappa shape index (κ2) is 4.77. The molecule has 0 aromatic carbocycles. The van der Waals surface area contributed by atoms with E-state index in [4.69, 9.17) is 9.47 Å². The summed E-state index contributed by atoms with van der Waals surface area (Å²) in [6, 6.07) is 0. The molecule has 6 unspecified atom stereocenters. The molecule has 3 rings (SSSR count). The molecule has 1 heterocycles. The largest absolute Gasteiger partial charge is 0.462 e. The average Bonchev–Trinajstić information content (AvgIpc) is 2.69. The molecule has 2 fully saturated rings. The summed E-state index contributed by atoms with van der Waals surface area (Å²) in [7, 11) is 0. The van der Waals surface area contributed by atoms with Crippen LogP contribution >= 0.6 is 0 Å². The van der Waals surface area contributed by atoms with Crippen LogP contribution in [0.1, 0.15) is 27.2 Å². The quantitative estimate of drug-likeness (QED) is 0.571. The van der Waals surface area contributed by atoms with Gasteiger partial charge in [-0.15, -0.1) is 0 Å². The van der Waals surface area contributed by atoms with Gasteiger partial charge >= 0.3 is 11.9 Å². The summed E-state index contributed by atoms with van der Waals surface area (Å²) in [5.41, 5.74) is -2.07. The van der Waals surface area contributed by atoms with Crippen LogP contribution in [0.15, 0.2) is 24.3 Å². The number of carbonyl (C=O) groups excluding carboxylic acids is 3. The molecule has 0 spiro atoms. The lowest BCUT2D eigenvalue weighted by molar-refractivity contribution is -0.188. The molecule has 0 bridgehead atoms. The summed E-state index contributed by atoms with van der Waals surface area (Å²) in [6.07, 6.45) is 1.59. The molecular formula is C17H20O6. The molecule has 0 amide bonds. The zero-order chi connectivity index (χ0) is 17.2. The third-order valence-corrected chi connectivity index (χ3v) is 5.38. The Bertz CT molecular complexity index is 645. The van der Waals surface area contributed by atoms with E-state index in [0.717, 1.165) is 0 Å². The van der Waals surface area contributed by atoms with Crippen molar-refractivity contribution in [1.29, 1.82) is 0 Å². The van der Waals surface area contributed by atoms with Gasteiger partial charge in [0.25, 0.3) is 0 Å². The molecule has 6 nitrogen and oxygen atoms in total. The third-order valence-electron chi connectivity index (χ3n) is 5.38. The van der Waals surface area contributed by atoms with E-state index in [0.29, 0.717) is 0 Å². The summed E-state index contributed by atoms with van der Waals surface area (Å²) in [6.45, 7) is 8.35. The Morgan fingerprint density at radius 2 is 2.09 bits per heavy atom. The molecule has 6 heteroatoms. The molecule has 23 heavy (non-hydrogen) atoms. The highest BCUT2D eigenvalue weighted by atomic mass is 16.6. The zero-order valence-corrected chi connectivity index (χ0v) is 13.4. The third kappa shape index (κ3) is 2.16. The van der Waals surface area contributed by atoms with Crippen molar-refractivity contribution in [3.63, 3.8) is 0 Å². The van der Waals surface area contributed by atoms with Gasteiger partial charge in [0, 0.05) is 23.8 Å². The van der Waals surface area contributed by atoms with Crippen molar-refractivity contribution in [3.05, 3.63) is 24.3 Å². The number of ketones is 1. The Balaban J connectivity index is 2.12. The lowest BCUT2D eigenvalue weighted by Gasteiger charge is -2.53. The average molecular weight is 320 g/mol. The van der Waals surface area contributed by atoms with Gasteiger partial charge in [-0.25, -0.2) is 4.79 Å². The van der Waals surface area contributed by atoms with Crippen molar-refractivity contribution in [2.75, 3.05) is 0 Å². The van der Waals surface area contributed by atoms with Crippen molar-refractivity contribution >= 4 is 17.7 Å². The molecule has 6 atom stereocenters. The highest BCUT2D eigenvalue weighted by Gasteiger charge is 2.65. The first-order chi connectivity index (χ1) is 10.6. The number of hydrogen-bond donors (Lipinski definition) is 1. The van der Waals surface area contributed by atoms with Gasteiger partial charge in [0.2, 0.25) is 0 Å². The number of allylic oxidation sites excluding steroid dienone is 1. The number of ether oxygens (including phenoxy) is 2. The summed E-state index contributed by atoms with van der Waals surface area (Å²) in [5.74, 6) is -2.39. The van der Waals surface area contributed by atoms with Crippen LogP contribution in [0.4, 0.5) is 0 Å². The number of aliphatic hydroxyl groups is 1. The van der Waals surface area contributed by atoms with Crippen LogP contribution < -0.4 is 0 Å². The summed E-state index contributed by atoms with van der Waals surface area (Å²) < 4.78 is 10.8. The number of fused-ring (bicyclic) bond motifs is 3. The summed E-state index contributed by atoms with van der Waals surface area (Å²) >= 11 is 0. The lowest BCUT2D eigenvalue weighted by Crippen LogP contribution is -2.62. The molecule has 0 aromatic rings. The Hall–Kier alpha value is -1.95. The van der Waals surface area contributed by atoms with Crippen LogP contribution in [-0.4, -0.2) is 40.6 Å². The van der Waals surface area contributed by atoms with Crippen LogP contribution in [0.3, 0.4) is 0 Å². The number of hydrogen-bond acceptors (Lipinski definition) is 6. The fraction of sp³-hybridized carbons (Fsp3) is 0.588. The maximum absolute atomic E-state index is 12.5. The fourth-order valence-electron chi connectivity index (χ4n) is 4.45. The molecule has 0 aromatic heterocycles. The molecule has 1 N–H and O–H groups in total. The van der Waals surface area contributed by atoms with E-state index >= 15 is 0 Å². The van der Waals surface area contributed by atoms with Crippen molar-refractivity contribution in [2.24, 2.45) is 17.3 Å². The zero-order valence-electron chi connectivity index (χ0n) is 13.4. The van der Waals surface area contributed by atoms with Gasteiger partial charge in [0.15, 0.2) is 5.78 Å². The Morgan fingerprint density at radius 3 is 2.70 bits per heavy atom. The molecular weight excluding hydrogens is 300 g/mol. The van der Waals surface area contributed by atoms with Gasteiger partial charge in [0.05, 0.1) is 11.5 Å². The molecule has 0 radical (unpaired) electrons. The van der Waals surface area contributed by atoms with Crippen LogP contribution in [0.25, 0.3) is 0 Å². The number of rotatable bonds is 1. The Labute approximate surface area is 134 Å². The van der Waals surface area contributed by atoms with Crippen LogP contribution in [0, 0.1) is 17.3 Å². The van der Waals surface area contributed by atoms with E-state index < -0.39 is 47.0 Å². The van der Waals surface area contributed by atoms with Gasteiger partial charge in [-0.2, -0.15) is 0 Å². The standard InChI is InChI=1S/C17H20O6/c1-8-12-10(22-9(2)18)7-16(3)11(19)5-6-17(4,21)14(16)13(12)23-15(8)20/h5-6,10,12-14,21H,1,7H2,2-4H3. The van der Waals surface area contributed by atoms with E-state index in [9.17, 15) is 19.5 Å². The summed E-state index contributed by atoms with van der Waals surface area (Å²) in [4.78, 5) is 36.0. The predicted molar refractivity (Wildman–Crippen MR) is 79.0 cm³/mol. The second-order valence-corrected chi connectivity index (χ2v) is 7.09. The van der Waals surface area contributed by atoms with Gasteiger partial charge < -0.3 is 14.6 Å².